The Hall–Kier alpha value is -1.97. The van der Waals surface area contributed by atoms with Crippen molar-refractivity contribution in [3.05, 3.63) is 30.0 Å². The van der Waals surface area contributed by atoms with Crippen LogP contribution in [0.4, 0.5) is 0 Å². The number of hydrogen-bond donors (Lipinski definition) is 0. The van der Waals surface area contributed by atoms with Crippen molar-refractivity contribution in [2.24, 2.45) is 0 Å². The minimum absolute atomic E-state index is 0.167. The summed E-state index contributed by atoms with van der Waals surface area (Å²) in [7, 11) is 2.77. The zero-order chi connectivity index (χ0) is 10.8. The molecule has 78 valence electrons. The molecular weight excluding hydrogens is 196 g/mol. The average molecular weight is 206 g/mol. The number of rotatable bonds is 2. The van der Waals surface area contributed by atoms with Crippen LogP contribution < -0.4 is 4.74 Å². The summed E-state index contributed by atoms with van der Waals surface area (Å²) in [6.07, 6.45) is 1.54. The highest BCUT2D eigenvalue weighted by Crippen LogP contribution is 2.34. The number of methoxy groups -OCH3 is 2. The lowest BCUT2D eigenvalue weighted by Gasteiger charge is -2.09. The van der Waals surface area contributed by atoms with Gasteiger partial charge in [-0.1, -0.05) is 18.2 Å². The Bertz CT molecular complexity index is 458. The van der Waals surface area contributed by atoms with Crippen LogP contribution in [0.2, 0.25) is 0 Å². The van der Waals surface area contributed by atoms with E-state index in [-0.39, 0.29) is 5.95 Å². The number of carbonyl (C=O) groups is 1. The molecule has 0 aromatic carbocycles. The molecule has 0 bridgehead atoms. The molecule has 0 N–H and O–H groups in total. The minimum atomic E-state index is -0.465. The van der Waals surface area contributed by atoms with Gasteiger partial charge in [-0.05, 0) is 0 Å². The standard InChI is InChI=1S/C11H10O4/c1-13-10(12)9-8-5-3-4-7(8)6-15-11(9)14-2/h3-6H,1-2H3. The van der Waals surface area contributed by atoms with E-state index in [9.17, 15) is 4.79 Å². The molecule has 0 aromatic heterocycles. The fourth-order valence-corrected chi connectivity index (χ4v) is 1.50. The van der Waals surface area contributed by atoms with Gasteiger partial charge in [-0.25, -0.2) is 4.79 Å². The molecule has 4 heteroatoms. The third-order valence-electron chi connectivity index (χ3n) is 2.19. The second kappa shape index (κ2) is 3.65. The van der Waals surface area contributed by atoms with Crippen molar-refractivity contribution < 1.29 is 18.7 Å². The topological polar surface area (TPSA) is 48.7 Å². The zero-order valence-corrected chi connectivity index (χ0v) is 8.44. The van der Waals surface area contributed by atoms with Gasteiger partial charge in [-0.3, -0.25) is 0 Å². The Morgan fingerprint density at radius 1 is 1.33 bits per heavy atom. The van der Waals surface area contributed by atoms with Gasteiger partial charge >= 0.3 is 5.97 Å². The van der Waals surface area contributed by atoms with Gasteiger partial charge in [-0.2, -0.15) is 0 Å². The van der Waals surface area contributed by atoms with E-state index in [0.717, 1.165) is 11.1 Å². The lowest BCUT2D eigenvalue weighted by Crippen LogP contribution is -2.06. The summed E-state index contributed by atoms with van der Waals surface area (Å²) in [5.74, 6) is -0.298. The van der Waals surface area contributed by atoms with Crippen LogP contribution >= 0.6 is 0 Å². The van der Waals surface area contributed by atoms with Crippen LogP contribution in [0.15, 0.2) is 28.9 Å². The van der Waals surface area contributed by atoms with E-state index >= 15 is 0 Å². The Labute approximate surface area is 86.7 Å². The summed E-state index contributed by atoms with van der Waals surface area (Å²) in [6.45, 7) is 0. The lowest BCUT2D eigenvalue weighted by atomic mass is 10.1. The first-order valence-corrected chi connectivity index (χ1v) is 4.40. The molecule has 2 aliphatic rings. The number of hydrogen-bond acceptors (Lipinski definition) is 4. The average Bonchev–Trinajstić information content (AvgIpc) is 2.74. The smallest absolute Gasteiger partial charge is 0.345 e. The highest BCUT2D eigenvalue weighted by molar-refractivity contribution is 5.99. The SMILES string of the molecule is COC(=O)c1c2cccc-2coc1OC. The van der Waals surface area contributed by atoms with Crippen LogP contribution in [-0.2, 0) is 4.74 Å². The maximum atomic E-state index is 11.5. The van der Waals surface area contributed by atoms with E-state index in [1.165, 1.54) is 14.2 Å². The number of ether oxygens (including phenoxy) is 2. The molecule has 1 aliphatic carbocycles. The van der Waals surface area contributed by atoms with Gasteiger partial charge in [0.2, 0.25) is 0 Å². The summed E-state index contributed by atoms with van der Waals surface area (Å²) < 4.78 is 14.8. The van der Waals surface area contributed by atoms with Gasteiger partial charge in [0.15, 0.2) is 0 Å². The van der Waals surface area contributed by atoms with Crippen LogP contribution in [0.25, 0.3) is 11.1 Å². The molecular formula is C11H10O4. The van der Waals surface area contributed by atoms with E-state index in [2.05, 4.69) is 4.74 Å². The maximum Gasteiger partial charge on any atom is 0.345 e. The minimum Gasteiger partial charge on any atom is -0.468 e. The summed E-state index contributed by atoms with van der Waals surface area (Å²) >= 11 is 0. The first-order chi connectivity index (χ1) is 7.27. The fourth-order valence-electron chi connectivity index (χ4n) is 1.50. The lowest BCUT2D eigenvalue weighted by molar-refractivity contribution is 0.0592. The molecule has 2 rings (SSSR count). The van der Waals surface area contributed by atoms with E-state index in [1.54, 1.807) is 6.26 Å². The van der Waals surface area contributed by atoms with Crippen LogP contribution in [0.1, 0.15) is 10.4 Å². The zero-order valence-electron chi connectivity index (χ0n) is 8.44. The van der Waals surface area contributed by atoms with E-state index in [4.69, 9.17) is 9.15 Å². The summed E-state index contributed by atoms with van der Waals surface area (Å²) in [5.41, 5.74) is 1.93. The van der Waals surface area contributed by atoms with E-state index in [1.807, 2.05) is 18.2 Å². The Morgan fingerprint density at radius 3 is 2.80 bits per heavy atom. The second-order valence-electron chi connectivity index (χ2n) is 2.99. The van der Waals surface area contributed by atoms with Crippen LogP contribution in [-0.4, -0.2) is 20.2 Å². The van der Waals surface area contributed by atoms with E-state index < -0.39 is 5.97 Å². The van der Waals surface area contributed by atoms with Crippen molar-refractivity contribution in [1.82, 2.24) is 0 Å². The van der Waals surface area contributed by atoms with Crippen LogP contribution in [0.5, 0.6) is 5.95 Å². The third kappa shape index (κ3) is 1.44. The highest BCUT2D eigenvalue weighted by Gasteiger charge is 2.22. The predicted molar refractivity (Wildman–Crippen MR) is 53.2 cm³/mol. The molecule has 1 aliphatic heterocycles. The fraction of sp³-hybridized carbons (Fsp3) is 0.182. The quantitative estimate of drug-likeness (QED) is 0.706. The Morgan fingerprint density at radius 2 is 2.13 bits per heavy atom. The van der Waals surface area contributed by atoms with Crippen molar-refractivity contribution in [1.29, 1.82) is 0 Å². The van der Waals surface area contributed by atoms with Crippen LogP contribution in [0, 0.1) is 0 Å². The maximum absolute atomic E-state index is 11.5. The molecule has 0 unspecified atom stereocenters. The number of esters is 1. The molecule has 4 nitrogen and oxygen atoms in total. The summed E-state index contributed by atoms with van der Waals surface area (Å²) in [5, 5.41) is 0. The van der Waals surface area contributed by atoms with Gasteiger partial charge in [0.1, 0.15) is 11.8 Å². The number of carbonyl (C=O) groups excluding carboxylic acids is 1. The largest absolute Gasteiger partial charge is 0.468 e. The summed E-state index contributed by atoms with van der Waals surface area (Å²) in [4.78, 5) is 11.5. The molecule has 0 saturated heterocycles. The predicted octanol–water partition coefficient (Wildman–Crippen LogP) is 2.18. The van der Waals surface area contributed by atoms with Gasteiger partial charge in [0.05, 0.1) is 14.2 Å². The van der Waals surface area contributed by atoms with Gasteiger partial charge < -0.3 is 13.9 Å². The second-order valence-corrected chi connectivity index (χ2v) is 2.99. The monoisotopic (exact) mass is 206 g/mol. The van der Waals surface area contributed by atoms with Gasteiger partial charge in [0.25, 0.3) is 5.95 Å². The van der Waals surface area contributed by atoms with Crippen molar-refractivity contribution in [3.63, 3.8) is 0 Å². The van der Waals surface area contributed by atoms with E-state index in [0.29, 0.717) is 5.56 Å². The molecule has 0 spiro atoms. The third-order valence-corrected chi connectivity index (χ3v) is 2.19. The van der Waals surface area contributed by atoms with Crippen molar-refractivity contribution in [2.75, 3.05) is 14.2 Å². The first-order valence-electron chi connectivity index (χ1n) is 4.40. The molecule has 0 fully saturated rings. The molecule has 0 aromatic rings. The molecule has 1 heterocycles. The summed E-state index contributed by atoms with van der Waals surface area (Å²) in [6, 6.07) is 5.51. The molecule has 15 heavy (non-hydrogen) atoms. The normalized spacial score (nSPS) is 10.3. The molecule has 0 saturated carbocycles. The Balaban J connectivity index is 2.67. The molecule has 0 atom stereocenters. The molecule has 0 amide bonds. The Kier molecular flexibility index (Phi) is 2.33. The van der Waals surface area contributed by atoms with Gasteiger partial charge in [-0.15, -0.1) is 0 Å². The highest BCUT2D eigenvalue weighted by atomic mass is 16.6. The van der Waals surface area contributed by atoms with Gasteiger partial charge in [0, 0.05) is 11.1 Å². The first kappa shape index (κ1) is 9.58. The van der Waals surface area contributed by atoms with Crippen molar-refractivity contribution >= 4 is 5.97 Å². The molecule has 0 radical (unpaired) electrons. The van der Waals surface area contributed by atoms with Crippen molar-refractivity contribution in [3.8, 4) is 17.1 Å². The number of fused-ring (bicyclic) bond motifs is 1. The van der Waals surface area contributed by atoms with Crippen molar-refractivity contribution in [2.45, 2.75) is 0 Å². The van der Waals surface area contributed by atoms with Crippen LogP contribution in [0.3, 0.4) is 0 Å².